The van der Waals surface area contributed by atoms with E-state index in [4.69, 9.17) is 10.5 Å². The van der Waals surface area contributed by atoms with Gasteiger partial charge in [0, 0.05) is 19.3 Å². The van der Waals surface area contributed by atoms with Crippen LogP contribution in [0.25, 0.3) is 0 Å². The molecule has 0 unspecified atom stereocenters. The number of rotatable bonds is 4. The highest BCUT2D eigenvalue weighted by molar-refractivity contribution is 5.91. The Kier molecular flexibility index (Phi) is 4.09. The molecule has 1 aromatic heterocycles. The molecule has 104 valence electrons. The van der Waals surface area contributed by atoms with Crippen LogP contribution in [-0.2, 0) is 16.6 Å². The van der Waals surface area contributed by atoms with Crippen LogP contribution in [0.15, 0.2) is 12.3 Å². The Morgan fingerprint density at radius 2 is 2.16 bits per heavy atom. The van der Waals surface area contributed by atoms with Crippen molar-refractivity contribution in [3.63, 3.8) is 0 Å². The Balaban J connectivity index is 1.79. The summed E-state index contributed by atoms with van der Waals surface area (Å²) < 4.78 is 6.54. The van der Waals surface area contributed by atoms with Gasteiger partial charge in [-0.2, -0.15) is 0 Å². The second-order valence-electron chi connectivity index (χ2n) is 4.89. The van der Waals surface area contributed by atoms with E-state index in [1.165, 1.54) is 6.07 Å². The number of anilines is 1. The number of esters is 1. The summed E-state index contributed by atoms with van der Waals surface area (Å²) in [6.45, 7) is -0.250. The van der Waals surface area contributed by atoms with E-state index < -0.39 is 5.97 Å². The van der Waals surface area contributed by atoms with E-state index in [0.29, 0.717) is 11.4 Å². The Labute approximate surface area is 111 Å². The summed E-state index contributed by atoms with van der Waals surface area (Å²) in [5.74, 6) is -0.789. The summed E-state index contributed by atoms with van der Waals surface area (Å²) in [7, 11) is 1.70. The SMILES string of the molecule is Cn1cc(N)cc1C(=O)OCC(=O)NC1CCCC1. The Bertz CT molecular complexity index is 475. The molecule has 6 heteroatoms. The Morgan fingerprint density at radius 1 is 1.47 bits per heavy atom. The van der Waals surface area contributed by atoms with Crippen LogP contribution in [0, 0.1) is 0 Å². The maximum absolute atomic E-state index is 11.7. The van der Waals surface area contributed by atoms with Crippen molar-refractivity contribution in [3.8, 4) is 0 Å². The number of carbonyl (C=O) groups is 2. The highest BCUT2D eigenvalue weighted by Gasteiger charge is 2.19. The zero-order valence-corrected chi connectivity index (χ0v) is 11.0. The smallest absolute Gasteiger partial charge is 0.355 e. The molecule has 0 atom stereocenters. The molecular formula is C13H19N3O3. The predicted molar refractivity (Wildman–Crippen MR) is 70.5 cm³/mol. The molecule has 0 spiro atoms. The molecular weight excluding hydrogens is 246 g/mol. The fraction of sp³-hybridized carbons (Fsp3) is 0.538. The number of aromatic nitrogens is 1. The quantitative estimate of drug-likeness (QED) is 0.789. The fourth-order valence-electron chi connectivity index (χ4n) is 2.34. The predicted octanol–water partition coefficient (Wildman–Crippen LogP) is 0.823. The molecule has 0 saturated heterocycles. The fourth-order valence-corrected chi connectivity index (χ4v) is 2.34. The number of nitrogens with two attached hydrogens (primary N) is 1. The normalized spacial score (nSPS) is 15.4. The van der Waals surface area contributed by atoms with Crippen LogP contribution in [0.1, 0.15) is 36.2 Å². The van der Waals surface area contributed by atoms with Crippen molar-refractivity contribution in [2.24, 2.45) is 7.05 Å². The van der Waals surface area contributed by atoms with Gasteiger partial charge in [0.1, 0.15) is 5.69 Å². The second-order valence-corrected chi connectivity index (χ2v) is 4.89. The van der Waals surface area contributed by atoms with Crippen LogP contribution in [0.3, 0.4) is 0 Å². The lowest BCUT2D eigenvalue weighted by atomic mass is 10.2. The van der Waals surface area contributed by atoms with E-state index in [1.807, 2.05) is 0 Å². The molecule has 1 saturated carbocycles. The minimum Gasteiger partial charge on any atom is -0.451 e. The lowest BCUT2D eigenvalue weighted by molar-refractivity contribution is -0.124. The van der Waals surface area contributed by atoms with Crippen LogP contribution in [-0.4, -0.2) is 29.1 Å². The zero-order chi connectivity index (χ0) is 13.8. The van der Waals surface area contributed by atoms with Gasteiger partial charge in [-0.3, -0.25) is 4.79 Å². The first kappa shape index (κ1) is 13.5. The number of amides is 1. The summed E-state index contributed by atoms with van der Waals surface area (Å²) in [6, 6.07) is 1.76. The third kappa shape index (κ3) is 3.49. The van der Waals surface area contributed by atoms with Gasteiger partial charge in [-0.15, -0.1) is 0 Å². The first-order chi connectivity index (χ1) is 9.06. The summed E-state index contributed by atoms with van der Waals surface area (Å²) in [5, 5.41) is 2.86. The topological polar surface area (TPSA) is 86.3 Å². The van der Waals surface area contributed by atoms with E-state index in [-0.39, 0.29) is 18.6 Å². The van der Waals surface area contributed by atoms with Crippen LogP contribution in [0.5, 0.6) is 0 Å². The van der Waals surface area contributed by atoms with Crippen LogP contribution in [0.2, 0.25) is 0 Å². The van der Waals surface area contributed by atoms with Crippen molar-refractivity contribution in [2.75, 3.05) is 12.3 Å². The largest absolute Gasteiger partial charge is 0.451 e. The molecule has 1 aliphatic rings. The molecule has 1 aromatic rings. The van der Waals surface area contributed by atoms with Gasteiger partial charge >= 0.3 is 5.97 Å². The monoisotopic (exact) mass is 265 g/mol. The maximum atomic E-state index is 11.7. The van der Waals surface area contributed by atoms with Gasteiger partial charge in [0.05, 0.1) is 5.69 Å². The van der Waals surface area contributed by atoms with Gasteiger partial charge in [-0.25, -0.2) is 4.79 Å². The van der Waals surface area contributed by atoms with Gasteiger partial charge < -0.3 is 20.4 Å². The van der Waals surface area contributed by atoms with Crippen molar-refractivity contribution in [2.45, 2.75) is 31.7 Å². The number of aryl methyl sites for hydroxylation is 1. The maximum Gasteiger partial charge on any atom is 0.355 e. The molecule has 1 amide bonds. The average molecular weight is 265 g/mol. The van der Waals surface area contributed by atoms with Gasteiger partial charge in [0.25, 0.3) is 5.91 Å². The first-order valence-corrected chi connectivity index (χ1v) is 6.44. The Morgan fingerprint density at radius 3 is 2.74 bits per heavy atom. The highest BCUT2D eigenvalue weighted by Crippen LogP contribution is 2.17. The second kappa shape index (κ2) is 5.77. The van der Waals surface area contributed by atoms with Gasteiger partial charge in [0.2, 0.25) is 0 Å². The molecule has 2 rings (SSSR count). The summed E-state index contributed by atoms with van der Waals surface area (Å²) in [6.07, 6.45) is 5.93. The van der Waals surface area contributed by atoms with Crippen molar-refractivity contribution >= 4 is 17.6 Å². The number of hydrogen-bond acceptors (Lipinski definition) is 4. The molecule has 1 aliphatic carbocycles. The van der Waals surface area contributed by atoms with E-state index in [2.05, 4.69) is 5.32 Å². The van der Waals surface area contributed by atoms with Crippen molar-refractivity contribution in [1.29, 1.82) is 0 Å². The van der Waals surface area contributed by atoms with E-state index >= 15 is 0 Å². The van der Waals surface area contributed by atoms with Gasteiger partial charge in [-0.1, -0.05) is 12.8 Å². The summed E-state index contributed by atoms with van der Waals surface area (Å²) in [5.41, 5.74) is 6.40. The van der Waals surface area contributed by atoms with Gasteiger partial charge in [-0.05, 0) is 18.9 Å². The molecule has 1 heterocycles. The number of carbonyl (C=O) groups excluding carboxylic acids is 2. The number of nitrogen functional groups attached to an aromatic ring is 1. The molecule has 3 N–H and O–H groups in total. The highest BCUT2D eigenvalue weighted by atomic mass is 16.5. The average Bonchev–Trinajstić information content (AvgIpc) is 2.96. The van der Waals surface area contributed by atoms with Crippen LogP contribution < -0.4 is 11.1 Å². The molecule has 6 nitrogen and oxygen atoms in total. The number of hydrogen-bond donors (Lipinski definition) is 2. The summed E-state index contributed by atoms with van der Waals surface area (Å²) >= 11 is 0. The minimum atomic E-state index is -0.541. The number of ether oxygens (including phenoxy) is 1. The van der Waals surface area contributed by atoms with E-state index in [1.54, 1.807) is 17.8 Å². The minimum absolute atomic E-state index is 0.233. The third-order valence-electron chi connectivity index (χ3n) is 3.29. The van der Waals surface area contributed by atoms with Crippen molar-refractivity contribution in [3.05, 3.63) is 18.0 Å². The molecule has 1 fully saturated rings. The molecule has 19 heavy (non-hydrogen) atoms. The van der Waals surface area contributed by atoms with Crippen molar-refractivity contribution < 1.29 is 14.3 Å². The standard InChI is InChI=1S/C13H19N3O3/c1-16-7-9(14)6-11(16)13(18)19-8-12(17)15-10-4-2-3-5-10/h6-7,10H,2-5,8,14H2,1H3,(H,15,17). The molecule has 0 bridgehead atoms. The number of nitrogens with zero attached hydrogens (tertiary/aromatic N) is 1. The van der Waals surface area contributed by atoms with Crippen LogP contribution >= 0.6 is 0 Å². The lowest BCUT2D eigenvalue weighted by Gasteiger charge is -2.11. The summed E-state index contributed by atoms with van der Waals surface area (Å²) in [4.78, 5) is 23.3. The molecule has 0 aromatic carbocycles. The first-order valence-electron chi connectivity index (χ1n) is 6.44. The van der Waals surface area contributed by atoms with Crippen LogP contribution in [0.4, 0.5) is 5.69 Å². The zero-order valence-electron chi connectivity index (χ0n) is 11.0. The Hall–Kier alpha value is -1.98. The molecule has 0 radical (unpaired) electrons. The third-order valence-corrected chi connectivity index (χ3v) is 3.29. The molecule has 0 aliphatic heterocycles. The lowest BCUT2D eigenvalue weighted by Crippen LogP contribution is -2.36. The van der Waals surface area contributed by atoms with E-state index in [0.717, 1.165) is 25.7 Å². The van der Waals surface area contributed by atoms with Gasteiger partial charge in [0.15, 0.2) is 6.61 Å². The number of nitrogens with one attached hydrogen (secondary N) is 1. The van der Waals surface area contributed by atoms with Crippen molar-refractivity contribution in [1.82, 2.24) is 9.88 Å². The van der Waals surface area contributed by atoms with E-state index in [9.17, 15) is 9.59 Å².